The van der Waals surface area contributed by atoms with Crippen molar-refractivity contribution in [3.63, 3.8) is 0 Å². The zero-order chi connectivity index (χ0) is 20.3. The Balaban J connectivity index is 0.00000300. The molecule has 0 fully saturated rings. The number of rotatable bonds is 7. The first kappa shape index (κ1) is 23.9. The molecule has 0 spiro atoms. The molecule has 156 valence electrons. The number of aryl methyl sites for hydroxylation is 1. The maximum Gasteiger partial charge on any atom is 0.233 e. The number of anilines is 1. The summed E-state index contributed by atoms with van der Waals surface area (Å²) >= 11 is 14.1. The van der Waals surface area contributed by atoms with Gasteiger partial charge >= 0.3 is 0 Å². The number of halogens is 3. The summed E-state index contributed by atoms with van der Waals surface area (Å²) < 4.78 is 0.916. The van der Waals surface area contributed by atoms with Crippen LogP contribution in [0.4, 0.5) is 5.13 Å². The molecule has 0 aliphatic carbocycles. The number of hydrogen-bond acceptors (Lipinski definition) is 4. The van der Waals surface area contributed by atoms with Crippen LogP contribution in [0.15, 0.2) is 36.4 Å². The van der Waals surface area contributed by atoms with Gasteiger partial charge in [-0.25, -0.2) is 4.98 Å². The molecule has 0 bridgehead atoms. The molecule has 0 atom stereocenters. The molecule has 29 heavy (non-hydrogen) atoms. The van der Waals surface area contributed by atoms with E-state index in [0.717, 1.165) is 34.3 Å². The average molecular weight is 473 g/mol. The molecular weight excluding hydrogens is 449 g/mol. The van der Waals surface area contributed by atoms with Gasteiger partial charge in [0, 0.05) is 11.6 Å². The fourth-order valence-electron chi connectivity index (χ4n) is 2.98. The summed E-state index contributed by atoms with van der Waals surface area (Å²) in [6, 6.07) is 11.3. The van der Waals surface area contributed by atoms with Gasteiger partial charge in [-0.1, -0.05) is 58.8 Å². The molecular formula is C21H24Cl3N3OS. The second-order valence-corrected chi connectivity index (χ2v) is 8.80. The number of carbonyl (C=O) groups is 1. The highest BCUT2D eigenvalue weighted by atomic mass is 35.5. The van der Waals surface area contributed by atoms with Crippen molar-refractivity contribution in [1.82, 2.24) is 9.88 Å². The van der Waals surface area contributed by atoms with E-state index in [4.69, 9.17) is 28.2 Å². The van der Waals surface area contributed by atoms with Crippen molar-refractivity contribution < 1.29 is 4.79 Å². The van der Waals surface area contributed by atoms with Gasteiger partial charge in [0.05, 0.1) is 21.7 Å². The molecule has 1 aromatic heterocycles. The Bertz CT molecular complexity index is 951. The number of benzene rings is 2. The largest absolute Gasteiger partial charge is 0.309 e. The highest BCUT2D eigenvalue weighted by Crippen LogP contribution is 2.36. The number of amides is 1. The van der Waals surface area contributed by atoms with Gasteiger partial charge in [-0.05, 0) is 57.2 Å². The quantitative estimate of drug-likeness (QED) is 0.432. The summed E-state index contributed by atoms with van der Waals surface area (Å²) in [6.45, 7) is 3.49. The summed E-state index contributed by atoms with van der Waals surface area (Å²) in [5.74, 6) is -0.0142. The summed E-state index contributed by atoms with van der Waals surface area (Å²) in [6.07, 6.45) is 1.09. The van der Waals surface area contributed by atoms with Gasteiger partial charge in [-0.15, -0.1) is 12.4 Å². The lowest BCUT2D eigenvalue weighted by atomic mass is 10.1. The number of carbonyl (C=O) groups excluding carboxylic acids is 1. The van der Waals surface area contributed by atoms with Crippen LogP contribution in [0.5, 0.6) is 0 Å². The molecule has 2 aromatic carbocycles. The van der Waals surface area contributed by atoms with Crippen LogP contribution in [0.25, 0.3) is 10.2 Å². The van der Waals surface area contributed by atoms with Crippen LogP contribution in [0.2, 0.25) is 10.0 Å². The predicted octanol–water partition coefficient (Wildman–Crippen LogP) is 5.86. The lowest BCUT2D eigenvalue weighted by molar-refractivity contribution is -0.118. The Kier molecular flexibility index (Phi) is 8.73. The first-order valence-corrected chi connectivity index (χ1v) is 10.7. The minimum atomic E-state index is -0.0142. The molecule has 8 heteroatoms. The number of hydrogen-bond donors (Lipinski definition) is 0. The van der Waals surface area contributed by atoms with E-state index in [1.165, 1.54) is 11.3 Å². The molecule has 0 radical (unpaired) electrons. The maximum atomic E-state index is 13.2. The molecule has 0 aliphatic rings. The maximum absolute atomic E-state index is 13.2. The smallest absolute Gasteiger partial charge is 0.233 e. The van der Waals surface area contributed by atoms with Crippen molar-refractivity contribution in [3.8, 4) is 0 Å². The molecule has 0 aliphatic heterocycles. The Hall–Kier alpha value is -1.37. The molecule has 0 saturated heterocycles. The van der Waals surface area contributed by atoms with Crippen molar-refractivity contribution >= 4 is 68.2 Å². The normalized spacial score (nSPS) is 11.0. The number of aromatic nitrogens is 1. The minimum Gasteiger partial charge on any atom is -0.309 e. The first-order chi connectivity index (χ1) is 13.4. The average Bonchev–Trinajstić information content (AvgIpc) is 3.10. The Morgan fingerprint density at radius 1 is 1.07 bits per heavy atom. The van der Waals surface area contributed by atoms with Crippen LogP contribution < -0.4 is 4.90 Å². The molecule has 0 unspecified atom stereocenters. The van der Waals surface area contributed by atoms with Crippen LogP contribution >= 0.6 is 46.9 Å². The summed E-state index contributed by atoms with van der Waals surface area (Å²) in [5.41, 5.74) is 2.73. The Labute approximate surface area is 191 Å². The molecule has 1 amide bonds. The standard InChI is InChI=1S/C21H23Cl2N3OS.ClH/c1-14-9-10-17(23)20-19(14)24-21(28-20)26(12-6-11-25(2)3)18(27)13-15-7-4-5-8-16(15)22;/h4-5,7-10H,6,11-13H2,1-3H3;1H. The van der Waals surface area contributed by atoms with Crippen molar-refractivity contribution in [3.05, 3.63) is 57.6 Å². The summed E-state index contributed by atoms with van der Waals surface area (Å²) in [5, 5.41) is 1.95. The van der Waals surface area contributed by atoms with Crippen molar-refractivity contribution in [2.75, 3.05) is 32.1 Å². The van der Waals surface area contributed by atoms with Crippen LogP contribution in [0, 0.1) is 6.92 Å². The highest BCUT2D eigenvalue weighted by molar-refractivity contribution is 7.23. The van der Waals surface area contributed by atoms with E-state index >= 15 is 0 Å². The van der Waals surface area contributed by atoms with E-state index in [9.17, 15) is 4.79 Å². The fraction of sp³-hybridized carbons (Fsp3) is 0.333. The van der Waals surface area contributed by atoms with Gasteiger partial charge in [-0.3, -0.25) is 9.69 Å². The first-order valence-electron chi connectivity index (χ1n) is 9.11. The number of thiazole rings is 1. The molecule has 1 heterocycles. The zero-order valence-electron chi connectivity index (χ0n) is 16.6. The van der Waals surface area contributed by atoms with E-state index in [-0.39, 0.29) is 24.7 Å². The van der Waals surface area contributed by atoms with Crippen molar-refractivity contribution in [2.24, 2.45) is 0 Å². The third-order valence-corrected chi connectivity index (χ3v) is 6.41. The predicted molar refractivity (Wildman–Crippen MR) is 127 cm³/mol. The molecule has 4 nitrogen and oxygen atoms in total. The Morgan fingerprint density at radius 2 is 1.79 bits per heavy atom. The zero-order valence-corrected chi connectivity index (χ0v) is 19.8. The van der Waals surface area contributed by atoms with Gasteiger partial charge in [0.15, 0.2) is 5.13 Å². The van der Waals surface area contributed by atoms with Crippen molar-refractivity contribution in [1.29, 1.82) is 0 Å². The third kappa shape index (κ3) is 5.83. The van der Waals surface area contributed by atoms with E-state index in [2.05, 4.69) is 4.90 Å². The van der Waals surface area contributed by atoms with E-state index in [1.54, 1.807) is 11.0 Å². The number of nitrogens with zero attached hydrogens (tertiary/aromatic N) is 3. The molecule has 0 saturated carbocycles. The van der Waals surface area contributed by atoms with E-state index in [0.29, 0.717) is 21.7 Å². The van der Waals surface area contributed by atoms with Crippen LogP contribution in [0.1, 0.15) is 17.5 Å². The number of fused-ring (bicyclic) bond motifs is 1. The summed E-state index contributed by atoms with van der Waals surface area (Å²) in [4.78, 5) is 21.8. The Morgan fingerprint density at radius 3 is 2.45 bits per heavy atom. The molecule has 3 aromatic rings. The SMILES string of the molecule is Cc1ccc(Cl)c2sc(N(CCCN(C)C)C(=O)Cc3ccccc3Cl)nc12.Cl. The van der Waals surface area contributed by atoms with Crippen LogP contribution in [-0.4, -0.2) is 43.0 Å². The fourth-order valence-corrected chi connectivity index (χ4v) is 4.54. The third-order valence-electron chi connectivity index (χ3n) is 4.50. The topological polar surface area (TPSA) is 36.4 Å². The minimum absolute atomic E-state index is 0. The van der Waals surface area contributed by atoms with E-state index < -0.39 is 0 Å². The van der Waals surface area contributed by atoms with Gasteiger partial charge in [0.1, 0.15) is 0 Å². The van der Waals surface area contributed by atoms with Gasteiger partial charge < -0.3 is 4.90 Å². The van der Waals surface area contributed by atoms with E-state index in [1.807, 2.05) is 51.4 Å². The molecule has 0 N–H and O–H groups in total. The lowest BCUT2D eigenvalue weighted by Gasteiger charge is -2.21. The monoisotopic (exact) mass is 471 g/mol. The van der Waals surface area contributed by atoms with Crippen LogP contribution in [-0.2, 0) is 11.2 Å². The highest BCUT2D eigenvalue weighted by Gasteiger charge is 2.22. The van der Waals surface area contributed by atoms with Gasteiger partial charge in [-0.2, -0.15) is 0 Å². The lowest BCUT2D eigenvalue weighted by Crippen LogP contribution is -2.34. The second-order valence-electron chi connectivity index (χ2n) is 7.01. The summed E-state index contributed by atoms with van der Waals surface area (Å²) in [7, 11) is 4.05. The van der Waals surface area contributed by atoms with Crippen molar-refractivity contribution in [2.45, 2.75) is 19.8 Å². The van der Waals surface area contributed by atoms with Crippen LogP contribution in [0.3, 0.4) is 0 Å². The molecule has 3 rings (SSSR count). The van der Waals surface area contributed by atoms with Gasteiger partial charge in [0.25, 0.3) is 0 Å². The van der Waals surface area contributed by atoms with Gasteiger partial charge in [0.2, 0.25) is 5.91 Å². The second kappa shape index (κ2) is 10.6.